The molecule has 5 rings (SSSR count). The van der Waals surface area contributed by atoms with Crippen molar-refractivity contribution < 1.29 is 4.74 Å². The number of nitrogens with one attached hydrogen (secondary N) is 1. The highest BCUT2D eigenvalue weighted by Crippen LogP contribution is 2.33. The average molecular weight is 511 g/mol. The summed E-state index contributed by atoms with van der Waals surface area (Å²) in [6.07, 6.45) is 5.43. The van der Waals surface area contributed by atoms with Gasteiger partial charge in [-0.25, -0.2) is 0 Å². The topological polar surface area (TPSA) is 99.6 Å². The van der Waals surface area contributed by atoms with Crippen molar-refractivity contribution >= 4 is 33.7 Å². The Morgan fingerprint density at radius 2 is 2.05 bits per heavy atom. The van der Waals surface area contributed by atoms with Crippen LogP contribution in [0.15, 0.2) is 59.7 Å². The summed E-state index contributed by atoms with van der Waals surface area (Å²) >= 11 is 0. The molecule has 0 bridgehead atoms. The van der Waals surface area contributed by atoms with Crippen LogP contribution in [-0.4, -0.2) is 49.2 Å². The van der Waals surface area contributed by atoms with Crippen LogP contribution >= 0.6 is 0 Å². The zero-order chi connectivity index (χ0) is 27.1. The number of nitrogens with two attached hydrogens (primary N) is 1. The largest absolute Gasteiger partial charge is 0.365 e. The van der Waals surface area contributed by atoms with E-state index in [0.29, 0.717) is 25.2 Å². The van der Waals surface area contributed by atoms with Gasteiger partial charge in [0.25, 0.3) is 0 Å². The third-order valence-electron chi connectivity index (χ3n) is 6.96. The van der Waals surface area contributed by atoms with Gasteiger partial charge in [0.15, 0.2) is 0 Å². The van der Waals surface area contributed by atoms with E-state index in [1.807, 2.05) is 38.1 Å². The molecule has 0 aliphatic carbocycles. The molecule has 3 N–H and O–H groups in total. The van der Waals surface area contributed by atoms with Crippen LogP contribution in [0.3, 0.4) is 0 Å². The normalized spacial score (nSPS) is 19.3. The first-order chi connectivity index (χ1) is 18.6. The van der Waals surface area contributed by atoms with Gasteiger partial charge in [-0.1, -0.05) is 32.1 Å². The number of fused-ring (bicyclic) bond motifs is 2. The van der Waals surface area contributed by atoms with Gasteiger partial charge in [0, 0.05) is 36.0 Å². The van der Waals surface area contributed by atoms with E-state index in [1.54, 1.807) is 6.20 Å². The highest BCUT2D eigenvalue weighted by Gasteiger charge is 2.31. The molecule has 1 fully saturated rings. The maximum Gasteiger partial charge on any atom is 0.132 e. The Morgan fingerprint density at radius 1 is 1.21 bits per heavy atom. The fourth-order valence-electron chi connectivity index (χ4n) is 5.33. The second-order valence-electron chi connectivity index (χ2n) is 9.31. The first kappa shape index (κ1) is 27.3. The van der Waals surface area contributed by atoms with E-state index in [2.05, 4.69) is 59.4 Å². The fraction of sp³-hybridized carbons (Fsp3) is 0.387. The lowest BCUT2D eigenvalue weighted by molar-refractivity contribution is 0.0205. The van der Waals surface area contributed by atoms with Crippen LogP contribution in [0.5, 0.6) is 0 Å². The van der Waals surface area contributed by atoms with Crippen LogP contribution in [-0.2, 0) is 11.2 Å². The number of anilines is 2. The lowest BCUT2D eigenvalue weighted by Crippen LogP contribution is -2.51. The van der Waals surface area contributed by atoms with Crippen molar-refractivity contribution in [1.82, 2.24) is 4.98 Å². The minimum atomic E-state index is -0.198. The van der Waals surface area contributed by atoms with E-state index >= 15 is 0 Å². The molecule has 2 aliphatic rings. The average Bonchev–Trinajstić information content (AvgIpc) is 3.19. The molecule has 0 amide bonds. The maximum absolute atomic E-state index is 9.54. The summed E-state index contributed by atoms with van der Waals surface area (Å²) in [4.78, 5) is 11.8. The summed E-state index contributed by atoms with van der Waals surface area (Å²) in [6.45, 7) is 10.9. The number of pyridine rings is 1. The molecule has 7 heteroatoms. The summed E-state index contributed by atoms with van der Waals surface area (Å²) in [7, 11) is 0. The predicted molar refractivity (Wildman–Crippen MR) is 158 cm³/mol. The van der Waals surface area contributed by atoms with Crippen molar-refractivity contribution in [1.29, 1.82) is 5.26 Å². The summed E-state index contributed by atoms with van der Waals surface area (Å²) in [5.41, 5.74) is 13.1. The second kappa shape index (κ2) is 12.7. The number of aliphatic imine (C=N–C) groups is 1. The molecule has 198 valence electrons. The van der Waals surface area contributed by atoms with Crippen molar-refractivity contribution in [2.75, 3.05) is 36.4 Å². The number of rotatable bonds is 5. The minimum Gasteiger partial charge on any atom is -0.365 e. The number of hydrogen-bond acceptors (Lipinski definition) is 7. The number of aromatic nitrogens is 1. The molecule has 2 unspecified atom stereocenters. The monoisotopic (exact) mass is 510 g/mol. The molecule has 0 spiro atoms. The lowest BCUT2D eigenvalue weighted by atomic mass is 9.94. The summed E-state index contributed by atoms with van der Waals surface area (Å²) in [5.74, 6) is 0.861. The summed E-state index contributed by atoms with van der Waals surface area (Å²) < 4.78 is 6.41. The first-order valence-corrected chi connectivity index (χ1v) is 13.6. The number of benzene rings is 2. The van der Waals surface area contributed by atoms with Gasteiger partial charge in [-0.05, 0) is 80.3 Å². The Labute approximate surface area is 226 Å². The SMILES string of the molecule is C/C=C(\CCN)c1cccc2c1CCN=C(C1CN(c3ccc(C#N)c4ncccc34)CC(C)O1)N2.CC. The number of nitriles is 1. The molecule has 7 nitrogen and oxygen atoms in total. The molecule has 3 aromatic rings. The van der Waals surface area contributed by atoms with Gasteiger partial charge in [-0.15, -0.1) is 0 Å². The molecular weight excluding hydrogens is 472 g/mol. The molecule has 1 aromatic heterocycles. The first-order valence-electron chi connectivity index (χ1n) is 13.6. The Morgan fingerprint density at radius 3 is 2.82 bits per heavy atom. The number of allylic oxidation sites excluding steroid dienone is 1. The maximum atomic E-state index is 9.54. The number of amidine groups is 1. The van der Waals surface area contributed by atoms with Crippen LogP contribution < -0.4 is 16.0 Å². The van der Waals surface area contributed by atoms with E-state index in [1.165, 1.54) is 16.7 Å². The van der Waals surface area contributed by atoms with Crippen LogP contribution in [0.25, 0.3) is 16.5 Å². The smallest absolute Gasteiger partial charge is 0.132 e. The molecule has 2 atom stereocenters. The summed E-state index contributed by atoms with van der Waals surface area (Å²) in [5, 5.41) is 14.1. The number of nitrogens with zero attached hydrogens (tertiary/aromatic N) is 4. The van der Waals surface area contributed by atoms with Gasteiger partial charge in [-0.3, -0.25) is 9.98 Å². The van der Waals surface area contributed by atoms with Gasteiger partial charge >= 0.3 is 0 Å². The molecule has 0 radical (unpaired) electrons. The Balaban J connectivity index is 0.00000164. The number of hydrogen-bond donors (Lipinski definition) is 2. The van der Waals surface area contributed by atoms with Gasteiger partial charge in [0.1, 0.15) is 18.0 Å². The van der Waals surface area contributed by atoms with Crippen molar-refractivity contribution in [2.45, 2.75) is 52.7 Å². The number of ether oxygens (including phenoxy) is 1. The molecule has 1 saturated heterocycles. The second-order valence-corrected chi connectivity index (χ2v) is 9.31. The van der Waals surface area contributed by atoms with Crippen LogP contribution in [0, 0.1) is 11.3 Å². The predicted octanol–water partition coefficient (Wildman–Crippen LogP) is 5.55. The van der Waals surface area contributed by atoms with E-state index in [4.69, 9.17) is 15.5 Å². The zero-order valence-electron chi connectivity index (χ0n) is 22.9. The van der Waals surface area contributed by atoms with Gasteiger partial charge in [-0.2, -0.15) is 5.26 Å². The van der Waals surface area contributed by atoms with Crippen molar-refractivity contribution in [3.63, 3.8) is 0 Å². The Kier molecular flexibility index (Phi) is 9.11. The Bertz CT molecular complexity index is 1370. The van der Waals surface area contributed by atoms with E-state index in [0.717, 1.165) is 47.5 Å². The van der Waals surface area contributed by atoms with Crippen LogP contribution in [0.1, 0.15) is 50.8 Å². The molecule has 2 aromatic carbocycles. The third kappa shape index (κ3) is 5.57. The van der Waals surface area contributed by atoms with Gasteiger partial charge < -0.3 is 20.7 Å². The molecule has 0 saturated carbocycles. The lowest BCUT2D eigenvalue weighted by Gasteiger charge is -2.39. The highest BCUT2D eigenvalue weighted by molar-refractivity contribution is 6.01. The molecule has 2 aliphatic heterocycles. The fourth-order valence-corrected chi connectivity index (χ4v) is 5.33. The Hall–Kier alpha value is -3.73. The minimum absolute atomic E-state index is 0.0175. The molecule has 38 heavy (non-hydrogen) atoms. The van der Waals surface area contributed by atoms with Crippen molar-refractivity contribution in [2.24, 2.45) is 10.7 Å². The highest BCUT2D eigenvalue weighted by atomic mass is 16.5. The van der Waals surface area contributed by atoms with Crippen molar-refractivity contribution in [3.05, 3.63) is 71.4 Å². The van der Waals surface area contributed by atoms with E-state index in [-0.39, 0.29) is 12.2 Å². The van der Waals surface area contributed by atoms with Crippen LogP contribution in [0.4, 0.5) is 11.4 Å². The van der Waals surface area contributed by atoms with Gasteiger partial charge in [0.05, 0.1) is 23.7 Å². The van der Waals surface area contributed by atoms with E-state index in [9.17, 15) is 5.26 Å². The zero-order valence-corrected chi connectivity index (χ0v) is 22.9. The molecule has 3 heterocycles. The quantitative estimate of drug-likeness (QED) is 0.467. The summed E-state index contributed by atoms with van der Waals surface area (Å²) in [6, 6.07) is 16.5. The number of morpholine rings is 1. The standard InChI is InChI=1S/C29H32N6O.C2H6/c1-3-20(11-13-30)22-6-4-8-25-23(22)12-15-33-29(34-25)27-18-35(17-19(2)36-27)26-10-9-21(16-31)28-24(26)7-5-14-32-28;1-2/h3-10,14,19,27H,11-13,15,17-18,30H2,1-2H3,(H,33,34);1-2H3/b20-3+;. The van der Waals surface area contributed by atoms with Crippen molar-refractivity contribution in [3.8, 4) is 6.07 Å². The third-order valence-corrected chi connectivity index (χ3v) is 6.96. The molecular formula is C31H38N6O. The van der Waals surface area contributed by atoms with E-state index < -0.39 is 0 Å². The van der Waals surface area contributed by atoms with Gasteiger partial charge in [0.2, 0.25) is 0 Å². The van der Waals surface area contributed by atoms with Crippen LogP contribution in [0.2, 0.25) is 0 Å².